The highest BCUT2D eigenvalue weighted by Crippen LogP contribution is 2.36. The fraction of sp³-hybridized carbons (Fsp3) is 0.222. The molecule has 25 heavy (non-hydrogen) atoms. The van der Waals surface area contributed by atoms with Gasteiger partial charge in [0.05, 0.1) is 16.3 Å². The van der Waals surface area contributed by atoms with Crippen LogP contribution < -0.4 is 5.32 Å². The molecule has 0 unspecified atom stereocenters. The molecule has 0 atom stereocenters. The predicted molar refractivity (Wildman–Crippen MR) is 96.0 cm³/mol. The van der Waals surface area contributed by atoms with Crippen LogP contribution in [0.1, 0.15) is 27.7 Å². The molecular weight excluding hydrogens is 338 g/mol. The van der Waals surface area contributed by atoms with Gasteiger partial charge in [-0.2, -0.15) is 5.10 Å². The molecule has 0 aliphatic rings. The highest BCUT2D eigenvalue weighted by Gasteiger charge is 2.15. The first-order valence-corrected chi connectivity index (χ1v) is 8.57. The number of hydrogen-bond acceptors (Lipinski definition) is 5. The van der Waals surface area contributed by atoms with Crippen molar-refractivity contribution in [2.24, 2.45) is 0 Å². The van der Waals surface area contributed by atoms with Gasteiger partial charge in [-0.25, -0.2) is 0 Å². The molecule has 0 aliphatic carbocycles. The van der Waals surface area contributed by atoms with Crippen molar-refractivity contribution < 1.29 is 13.9 Å². The number of para-hydroxylation sites is 1. The van der Waals surface area contributed by atoms with E-state index in [4.69, 9.17) is 9.15 Å². The first kappa shape index (κ1) is 17.3. The first-order chi connectivity index (χ1) is 12.1. The number of H-pyrrole nitrogens is 1. The number of aromatic nitrogens is 2. The van der Waals surface area contributed by atoms with Crippen LogP contribution in [0.15, 0.2) is 50.6 Å². The smallest absolute Gasteiger partial charge is 0.291 e. The molecule has 0 saturated carbocycles. The maximum Gasteiger partial charge on any atom is 0.291 e. The van der Waals surface area contributed by atoms with E-state index in [1.165, 1.54) is 0 Å². The Balaban J connectivity index is 1.79. The number of carbonyl (C=O) groups excluding carboxylic acids is 1. The molecule has 0 bridgehead atoms. The Hall–Kier alpha value is -2.51. The number of benzene rings is 1. The standard InChI is InChI=1S/C18H19N3O3S/c1-11-17(12(2)21-20-11)25-16-7-5-4-6-14(16)19-18(22)15-9-8-13(24-15)10-23-3/h4-9H,10H2,1-3H3,(H,19,22)(H,20,21). The van der Waals surface area contributed by atoms with Gasteiger partial charge in [0.2, 0.25) is 0 Å². The number of furan rings is 1. The van der Waals surface area contributed by atoms with E-state index in [1.54, 1.807) is 31.0 Å². The average molecular weight is 357 g/mol. The van der Waals surface area contributed by atoms with Crippen molar-refractivity contribution in [3.63, 3.8) is 0 Å². The molecule has 3 rings (SSSR count). The topological polar surface area (TPSA) is 80.1 Å². The third-order valence-electron chi connectivity index (χ3n) is 3.58. The maximum atomic E-state index is 12.4. The van der Waals surface area contributed by atoms with E-state index in [-0.39, 0.29) is 11.7 Å². The van der Waals surface area contributed by atoms with Gasteiger partial charge in [0.1, 0.15) is 12.4 Å². The number of anilines is 1. The summed E-state index contributed by atoms with van der Waals surface area (Å²) in [7, 11) is 1.58. The molecule has 1 amide bonds. The lowest BCUT2D eigenvalue weighted by molar-refractivity contribution is 0.0987. The summed E-state index contributed by atoms with van der Waals surface area (Å²) in [6.07, 6.45) is 0. The minimum Gasteiger partial charge on any atom is -0.453 e. The minimum absolute atomic E-state index is 0.252. The maximum absolute atomic E-state index is 12.4. The molecule has 2 heterocycles. The van der Waals surface area contributed by atoms with Gasteiger partial charge < -0.3 is 14.5 Å². The normalized spacial score (nSPS) is 10.8. The first-order valence-electron chi connectivity index (χ1n) is 7.76. The van der Waals surface area contributed by atoms with Gasteiger partial charge in [0.25, 0.3) is 5.91 Å². The summed E-state index contributed by atoms with van der Waals surface area (Å²) >= 11 is 1.57. The highest BCUT2D eigenvalue weighted by atomic mass is 32.2. The summed E-state index contributed by atoms with van der Waals surface area (Å²) in [4.78, 5) is 14.4. The van der Waals surface area contributed by atoms with Crippen LogP contribution in [-0.2, 0) is 11.3 Å². The Bertz CT molecular complexity index is 866. The number of hydrogen-bond donors (Lipinski definition) is 2. The van der Waals surface area contributed by atoms with Crippen molar-refractivity contribution in [3.8, 4) is 0 Å². The van der Waals surface area contributed by atoms with Gasteiger partial charge in [0.15, 0.2) is 5.76 Å². The van der Waals surface area contributed by atoms with E-state index in [0.29, 0.717) is 12.4 Å². The quantitative estimate of drug-likeness (QED) is 0.692. The molecule has 6 nitrogen and oxygen atoms in total. The molecule has 1 aromatic carbocycles. The second-order valence-electron chi connectivity index (χ2n) is 5.51. The third-order valence-corrected chi connectivity index (χ3v) is 4.96. The van der Waals surface area contributed by atoms with Crippen LogP contribution in [0.3, 0.4) is 0 Å². The van der Waals surface area contributed by atoms with Crippen molar-refractivity contribution >= 4 is 23.4 Å². The summed E-state index contributed by atoms with van der Waals surface area (Å²) < 4.78 is 10.5. The number of methoxy groups -OCH3 is 1. The number of amides is 1. The van der Waals surface area contributed by atoms with Crippen LogP contribution in [0.2, 0.25) is 0 Å². The lowest BCUT2D eigenvalue weighted by Crippen LogP contribution is -2.11. The Morgan fingerprint density at radius 3 is 2.80 bits per heavy atom. The number of aromatic amines is 1. The van der Waals surface area contributed by atoms with E-state index >= 15 is 0 Å². The number of aryl methyl sites for hydroxylation is 2. The lowest BCUT2D eigenvalue weighted by Gasteiger charge is -2.10. The molecule has 0 spiro atoms. The highest BCUT2D eigenvalue weighted by molar-refractivity contribution is 7.99. The summed E-state index contributed by atoms with van der Waals surface area (Å²) in [5.41, 5.74) is 2.65. The zero-order chi connectivity index (χ0) is 17.8. The van der Waals surface area contributed by atoms with Crippen molar-refractivity contribution in [1.82, 2.24) is 10.2 Å². The SMILES string of the molecule is COCc1ccc(C(=O)Nc2ccccc2Sc2c(C)n[nH]c2C)o1. The number of nitrogens with zero attached hydrogens (tertiary/aromatic N) is 1. The largest absolute Gasteiger partial charge is 0.453 e. The van der Waals surface area contributed by atoms with Gasteiger partial charge >= 0.3 is 0 Å². The van der Waals surface area contributed by atoms with Gasteiger partial charge in [-0.1, -0.05) is 23.9 Å². The molecule has 0 radical (unpaired) electrons. The van der Waals surface area contributed by atoms with Gasteiger partial charge in [-0.3, -0.25) is 9.89 Å². The van der Waals surface area contributed by atoms with Gasteiger partial charge in [-0.05, 0) is 38.1 Å². The Morgan fingerprint density at radius 1 is 1.28 bits per heavy atom. The van der Waals surface area contributed by atoms with Gasteiger partial charge in [-0.15, -0.1) is 0 Å². The Labute approximate surface area is 150 Å². The monoisotopic (exact) mass is 357 g/mol. The van der Waals surface area contributed by atoms with Crippen LogP contribution >= 0.6 is 11.8 Å². The fourth-order valence-corrected chi connectivity index (χ4v) is 3.35. The number of rotatable bonds is 6. The van der Waals surface area contributed by atoms with Crippen molar-refractivity contribution in [3.05, 3.63) is 59.3 Å². The van der Waals surface area contributed by atoms with Gasteiger partial charge in [0, 0.05) is 17.7 Å². The van der Waals surface area contributed by atoms with Crippen molar-refractivity contribution in [2.45, 2.75) is 30.2 Å². The molecule has 0 saturated heterocycles. The molecule has 0 fully saturated rings. The second-order valence-corrected chi connectivity index (χ2v) is 6.57. The fourth-order valence-electron chi connectivity index (χ4n) is 2.36. The van der Waals surface area contributed by atoms with Crippen LogP contribution in [0, 0.1) is 13.8 Å². The van der Waals surface area contributed by atoms with E-state index in [9.17, 15) is 4.79 Å². The van der Waals surface area contributed by atoms with E-state index < -0.39 is 0 Å². The van der Waals surface area contributed by atoms with Crippen LogP contribution in [-0.4, -0.2) is 23.2 Å². The second kappa shape index (κ2) is 7.58. The number of nitrogens with one attached hydrogen (secondary N) is 2. The molecule has 3 aromatic rings. The summed E-state index contributed by atoms with van der Waals surface area (Å²) in [6, 6.07) is 11.0. The molecule has 7 heteroatoms. The van der Waals surface area contributed by atoms with Crippen molar-refractivity contribution in [1.29, 1.82) is 0 Å². The zero-order valence-electron chi connectivity index (χ0n) is 14.3. The Kier molecular flexibility index (Phi) is 5.25. The minimum atomic E-state index is -0.295. The van der Waals surface area contributed by atoms with Crippen LogP contribution in [0.4, 0.5) is 5.69 Å². The summed E-state index contributed by atoms with van der Waals surface area (Å²) in [5, 5.41) is 10.1. The van der Waals surface area contributed by atoms with E-state index in [0.717, 1.165) is 26.9 Å². The zero-order valence-corrected chi connectivity index (χ0v) is 15.1. The molecule has 2 aromatic heterocycles. The van der Waals surface area contributed by atoms with Crippen molar-refractivity contribution in [2.75, 3.05) is 12.4 Å². The Morgan fingerprint density at radius 2 is 2.08 bits per heavy atom. The van der Waals surface area contributed by atoms with E-state index in [1.807, 2.05) is 38.1 Å². The average Bonchev–Trinajstić information content (AvgIpc) is 3.19. The van der Waals surface area contributed by atoms with Crippen LogP contribution in [0.5, 0.6) is 0 Å². The predicted octanol–water partition coefficient (Wildman–Crippen LogP) is 4.17. The number of ether oxygens (including phenoxy) is 1. The van der Waals surface area contributed by atoms with E-state index in [2.05, 4.69) is 15.5 Å². The third kappa shape index (κ3) is 3.94. The molecule has 2 N–H and O–H groups in total. The number of carbonyl (C=O) groups is 1. The molecular formula is C18H19N3O3S. The summed E-state index contributed by atoms with van der Waals surface area (Å²) in [5.74, 6) is 0.568. The summed E-state index contributed by atoms with van der Waals surface area (Å²) in [6.45, 7) is 4.26. The molecule has 130 valence electrons. The molecule has 0 aliphatic heterocycles. The van der Waals surface area contributed by atoms with Crippen LogP contribution in [0.25, 0.3) is 0 Å². The lowest BCUT2D eigenvalue weighted by atomic mass is 10.3.